The average molecular weight is 372 g/mol. The van der Waals surface area contributed by atoms with Crippen LogP contribution in [-0.4, -0.2) is 9.78 Å². The molecule has 0 radical (unpaired) electrons. The van der Waals surface area contributed by atoms with Gasteiger partial charge < -0.3 is 0 Å². The Labute approximate surface area is 138 Å². The van der Waals surface area contributed by atoms with E-state index in [0.717, 1.165) is 35.1 Å². The topological polar surface area (TPSA) is 55.9 Å². The molecular weight excluding hydrogens is 352 g/mol. The van der Waals surface area contributed by atoms with Crippen molar-refractivity contribution in [3.8, 4) is 0 Å². The highest BCUT2D eigenvalue weighted by molar-refractivity contribution is 9.10. The molecule has 1 aromatic heterocycles. The van der Waals surface area contributed by atoms with Gasteiger partial charge in [-0.25, -0.2) is 0 Å². The SMILES string of the molecule is CCc1cc(CC(NN)c2ccc(Cl)cc2Br)n(CC)n1. The summed E-state index contributed by atoms with van der Waals surface area (Å²) in [4.78, 5) is 0. The summed E-state index contributed by atoms with van der Waals surface area (Å²) in [5, 5.41) is 5.28. The Balaban J connectivity index is 2.28. The van der Waals surface area contributed by atoms with E-state index in [4.69, 9.17) is 17.4 Å². The van der Waals surface area contributed by atoms with Gasteiger partial charge in [0.05, 0.1) is 11.7 Å². The van der Waals surface area contributed by atoms with Gasteiger partial charge in [-0.3, -0.25) is 16.0 Å². The Kier molecular flexibility index (Phi) is 5.81. The second kappa shape index (κ2) is 7.40. The molecule has 3 N–H and O–H groups in total. The largest absolute Gasteiger partial charge is 0.271 e. The first-order chi connectivity index (χ1) is 10.1. The van der Waals surface area contributed by atoms with Crippen LogP contribution in [0.25, 0.3) is 0 Å². The molecule has 21 heavy (non-hydrogen) atoms. The number of hydrogen-bond donors (Lipinski definition) is 2. The van der Waals surface area contributed by atoms with E-state index in [9.17, 15) is 0 Å². The molecule has 114 valence electrons. The van der Waals surface area contributed by atoms with Crippen LogP contribution >= 0.6 is 27.5 Å². The summed E-state index contributed by atoms with van der Waals surface area (Å²) in [5.74, 6) is 5.76. The molecule has 1 atom stereocenters. The van der Waals surface area contributed by atoms with Crippen molar-refractivity contribution in [2.45, 2.75) is 39.3 Å². The van der Waals surface area contributed by atoms with Gasteiger partial charge in [0.25, 0.3) is 0 Å². The number of rotatable bonds is 6. The molecule has 0 bridgehead atoms. The van der Waals surface area contributed by atoms with E-state index in [1.54, 1.807) is 0 Å². The molecule has 1 unspecified atom stereocenters. The zero-order valence-corrected chi connectivity index (χ0v) is 14.6. The highest BCUT2D eigenvalue weighted by Crippen LogP contribution is 2.28. The first-order valence-electron chi connectivity index (χ1n) is 7.05. The van der Waals surface area contributed by atoms with Crippen LogP contribution in [0.4, 0.5) is 0 Å². The van der Waals surface area contributed by atoms with E-state index in [1.807, 2.05) is 22.9 Å². The van der Waals surface area contributed by atoms with Crippen LogP contribution in [0.3, 0.4) is 0 Å². The van der Waals surface area contributed by atoms with Crippen LogP contribution in [0.5, 0.6) is 0 Å². The summed E-state index contributed by atoms with van der Waals surface area (Å²) < 4.78 is 2.99. The fourth-order valence-electron chi connectivity index (χ4n) is 2.38. The zero-order valence-electron chi connectivity index (χ0n) is 12.2. The van der Waals surface area contributed by atoms with Gasteiger partial charge in [0, 0.05) is 28.2 Å². The zero-order chi connectivity index (χ0) is 15.4. The minimum Gasteiger partial charge on any atom is -0.271 e. The maximum absolute atomic E-state index is 6.00. The van der Waals surface area contributed by atoms with Crippen molar-refractivity contribution >= 4 is 27.5 Å². The van der Waals surface area contributed by atoms with E-state index >= 15 is 0 Å². The fraction of sp³-hybridized carbons (Fsp3) is 0.400. The van der Waals surface area contributed by atoms with Crippen molar-refractivity contribution in [2.24, 2.45) is 5.84 Å². The number of hydrogen-bond acceptors (Lipinski definition) is 3. The van der Waals surface area contributed by atoms with Gasteiger partial charge in [0.1, 0.15) is 0 Å². The number of nitrogens with zero attached hydrogens (tertiary/aromatic N) is 2. The molecule has 0 saturated heterocycles. The normalized spacial score (nSPS) is 12.6. The van der Waals surface area contributed by atoms with Gasteiger partial charge in [0.15, 0.2) is 0 Å². The summed E-state index contributed by atoms with van der Waals surface area (Å²) in [5.41, 5.74) is 6.27. The quantitative estimate of drug-likeness (QED) is 0.602. The Bertz CT molecular complexity index is 612. The lowest BCUT2D eigenvalue weighted by Gasteiger charge is -2.18. The van der Waals surface area contributed by atoms with Gasteiger partial charge in [0.2, 0.25) is 0 Å². The maximum Gasteiger partial charge on any atom is 0.0624 e. The minimum atomic E-state index is 0.00310. The van der Waals surface area contributed by atoms with Gasteiger partial charge in [-0.05, 0) is 37.1 Å². The van der Waals surface area contributed by atoms with E-state index in [2.05, 4.69) is 46.4 Å². The molecule has 0 aliphatic heterocycles. The number of hydrazine groups is 1. The molecular formula is C15H20BrClN4. The molecule has 0 spiro atoms. The first kappa shape index (κ1) is 16.5. The fourth-order valence-corrected chi connectivity index (χ4v) is 3.34. The Morgan fingerprint density at radius 1 is 1.38 bits per heavy atom. The number of nitrogens with one attached hydrogen (secondary N) is 1. The number of aromatic nitrogens is 2. The third-order valence-electron chi connectivity index (χ3n) is 3.53. The van der Waals surface area contributed by atoms with Crippen LogP contribution in [0.15, 0.2) is 28.7 Å². The molecule has 2 rings (SSSR count). The molecule has 4 nitrogen and oxygen atoms in total. The molecule has 0 fully saturated rings. The predicted octanol–water partition coefficient (Wildman–Crippen LogP) is 3.63. The smallest absolute Gasteiger partial charge is 0.0624 e. The van der Waals surface area contributed by atoms with Crippen molar-refractivity contribution < 1.29 is 0 Å². The highest BCUT2D eigenvalue weighted by Gasteiger charge is 2.17. The van der Waals surface area contributed by atoms with Crippen LogP contribution in [0.1, 0.15) is 36.8 Å². The lowest BCUT2D eigenvalue weighted by atomic mass is 10.0. The van der Waals surface area contributed by atoms with E-state index in [1.165, 1.54) is 5.69 Å². The van der Waals surface area contributed by atoms with Crippen molar-refractivity contribution in [1.82, 2.24) is 15.2 Å². The molecule has 2 aromatic rings. The van der Waals surface area contributed by atoms with E-state index in [0.29, 0.717) is 5.02 Å². The van der Waals surface area contributed by atoms with Crippen LogP contribution in [-0.2, 0) is 19.4 Å². The van der Waals surface area contributed by atoms with Crippen molar-refractivity contribution in [3.05, 3.63) is 50.7 Å². The second-order valence-electron chi connectivity index (χ2n) is 4.89. The summed E-state index contributed by atoms with van der Waals surface area (Å²) >= 11 is 9.55. The number of halogens is 2. The Hall–Kier alpha value is -0.880. The molecule has 1 aromatic carbocycles. The van der Waals surface area contributed by atoms with Crippen molar-refractivity contribution in [2.75, 3.05) is 0 Å². The summed E-state index contributed by atoms with van der Waals surface area (Å²) in [7, 11) is 0. The molecule has 0 amide bonds. The third kappa shape index (κ3) is 3.86. The number of benzene rings is 1. The average Bonchev–Trinajstić information content (AvgIpc) is 2.87. The minimum absolute atomic E-state index is 0.00310. The molecule has 6 heteroatoms. The van der Waals surface area contributed by atoms with Gasteiger partial charge >= 0.3 is 0 Å². The standard InChI is InChI=1S/C15H20BrClN4/c1-3-11-8-12(21(4-2)20-11)9-15(19-18)13-6-5-10(17)7-14(13)16/h5-8,15,19H,3-4,9,18H2,1-2H3. The Morgan fingerprint density at radius 3 is 2.71 bits per heavy atom. The van der Waals surface area contributed by atoms with Crippen LogP contribution < -0.4 is 11.3 Å². The molecule has 0 aliphatic rings. The maximum atomic E-state index is 6.00. The first-order valence-corrected chi connectivity index (χ1v) is 8.22. The third-order valence-corrected chi connectivity index (χ3v) is 4.45. The lowest BCUT2D eigenvalue weighted by Crippen LogP contribution is -2.30. The van der Waals surface area contributed by atoms with Crippen LogP contribution in [0, 0.1) is 0 Å². The Morgan fingerprint density at radius 2 is 2.14 bits per heavy atom. The highest BCUT2D eigenvalue weighted by atomic mass is 79.9. The van der Waals surface area contributed by atoms with Crippen LogP contribution in [0.2, 0.25) is 5.02 Å². The summed E-state index contributed by atoms with van der Waals surface area (Å²) in [6.07, 6.45) is 1.71. The molecule has 0 saturated carbocycles. The van der Waals surface area contributed by atoms with Crippen molar-refractivity contribution in [3.63, 3.8) is 0 Å². The van der Waals surface area contributed by atoms with Gasteiger partial charge in [-0.2, -0.15) is 5.10 Å². The molecule has 0 aliphatic carbocycles. The number of nitrogens with two attached hydrogens (primary N) is 1. The monoisotopic (exact) mass is 370 g/mol. The predicted molar refractivity (Wildman–Crippen MR) is 90.2 cm³/mol. The second-order valence-corrected chi connectivity index (χ2v) is 6.18. The molecule has 1 heterocycles. The van der Waals surface area contributed by atoms with E-state index < -0.39 is 0 Å². The van der Waals surface area contributed by atoms with E-state index in [-0.39, 0.29) is 6.04 Å². The summed E-state index contributed by atoms with van der Waals surface area (Å²) in [6.45, 7) is 5.06. The van der Waals surface area contributed by atoms with Crippen molar-refractivity contribution in [1.29, 1.82) is 0 Å². The van der Waals surface area contributed by atoms with Gasteiger partial charge in [-0.15, -0.1) is 0 Å². The number of aryl methyl sites for hydroxylation is 2. The lowest BCUT2D eigenvalue weighted by molar-refractivity contribution is 0.515. The summed E-state index contributed by atoms with van der Waals surface area (Å²) in [6, 6.07) is 7.90. The van der Waals surface area contributed by atoms with Gasteiger partial charge in [-0.1, -0.05) is 40.5 Å².